The van der Waals surface area contributed by atoms with Crippen LogP contribution in [0.5, 0.6) is 0 Å². The molecule has 2 aliphatic rings. The zero-order valence-electron chi connectivity index (χ0n) is 14.0. The fraction of sp³-hybridized carbons (Fsp3) is 0.421. The van der Waals surface area contributed by atoms with E-state index in [0.29, 0.717) is 12.0 Å². The van der Waals surface area contributed by atoms with Crippen molar-refractivity contribution in [2.24, 2.45) is 5.92 Å². The zero-order chi connectivity index (χ0) is 18.0. The van der Waals surface area contributed by atoms with Crippen LogP contribution < -0.4 is 0 Å². The summed E-state index contributed by atoms with van der Waals surface area (Å²) in [5.41, 5.74) is -0.846. The number of hydrogen-bond acceptors (Lipinski definition) is 6. The Kier molecular flexibility index (Phi) is 4.61. The number of benzene rings is 1. The van der Waals surface area contributed by atoms with E-state index in [2.05, 4.69) is 6.58 Å². The molecule has 0 unspecified atom stereocenters. The highest BCUT2D eigenvalue weighted by atomic mass is 16.6. The normalized spacial score (nSPS) is 30.3. The van der Waals surface area contributed by atoms with Gasteiger partial charge in [0.2, 0.25) is 5.60 Å². The molecule has 2 fully saturated rings. The Balaban J connectivity index is 1.82. The number of carbonyl (C=O) groups excluding carboxylic acids is 3. The molecule has 2 bridgehead atoms. The minimum absolute atomic E-state index is 0.200. The van der Waals surface area contributed by atoms with E-state index in [-0.39, 0.29) is 18.8 Å². The Bertz CT molecular complexity index is 697. The maximum absolute atomic E-state index is 12.4. The van der Waals surface area contributed by atoms with Crippen molar-refractivity contribution >= 4 is 17.9 Å². The molecule has 6 heteroatoms. The first-order chi connectivity index (χ1) is 11.9. The molecule has 3 rings (SSSR count). The van der Waals surface area contributed by atoms with Gasteiger partial charge in [0.05, 0.1) is 5.56 Å². The van der Waals surface area contributed by atoms with Crippen LogP contribution in [0.25, 0.3) is 0 Å². The number of fused-ring (bicyclic) bond motifs is 2. The predicted octanol–water partition coefficient (Wildman–Crippen LogP) is 2.43. The molecule has 0 aromatic heterocycles. The molecule has 1 heterocycles. The minimum Gasteiger partial charge on any atom is -0.455 e. The van der Waals surface area contributed by atoms with Gasteiger partial charge in [0.15, 0.2) is 0 Å². The van der Waals surface area contributed by atoms with E-state index in [1.807, 2.05) is 6.07 Å². The molecule has 132 valence electrons. The fourth-order valence-electron chi connectivity index (χ4n) is 3.66. The standard InChI is InChI=1S/C19H20O6/c1-3-7-14-10-19(25-12(2)20)11-15(23-18(19)22)16(14)24-17(21)13-8-5-4-6-9-13/h3-6,8-9,14-16H,1,7,10-11H2,2H3/t14-,15+,16+,19-/m0/s1. The molecule has 0 amide bonds. The van der Waals surface area contributed by atoms with Crippen LogP contribution in [0.1, 0.15) is 36.5 Å². The third-order valence-corrected chi connectivity index (χ3v) is 4.65. The summed E-state index contributed by atoms with van der Waals surface area (Å²) in [6.07, 6.45) is 1.44. The number of hydrogen-bond donors (Lipinski definition) is 0. The third-order valence-electron chi connectivity index (χ3n) is 4.65. The van der Waals surface area contributed by atoms with E-state index in [1.165, 1.54) is 6.92 Å². The Hall–Kier alpha value is -2.63. The summed E-state index contributed by atoms with van der Waals surface area (Å²) >= 11 is 0. The molecule has 1 aliphatic carbocycles. The van der Waals surface area contributed by atoms with Crippen molar-refractivity contribution in [3.63, 3.8) is 0 Å². The summed E-state index contributed by atoms with van der Waals surface area (Å²) in [5, 5.41) is 0. The average molecular weight is 344 g/mol. The van der Waals surface area contributed by atoms with Crippen LogP contribution in [0.3, 0.4) is 0 Å². The van der Waals surface area contributed by atoms with Gasteiger partial charge in [-0.25, -0.2) is 9.59 Å². The highest BCUT2D eigenvalue weighted by Gasteiger charge is 2.61. The van der Waals surface area contributed by atoms with E-state index in [1.54, 1.807) is 30.3 Å². The van der Waals surface area contributed by atoms with Gasteiger partial charge in [-0.3, -0.25) is 4.79 Å². The Morgan fingerprint density at radius 1 is 1.32 bits per heavy atom. The molecule has 1 saturated heterocycles. The van der Waals surface area contributed by atoms with Crippen LogP contribution in [-0.4, -0.2) is 35.7 Å². The molecular formula is C19H20O6. The highest BCUT2D eigenvalue weighted by Crippen LogP contribution is 2.46. The second-order valence-corrected chi connectivity index (χ2v) is 6.46. The number of allylic oxidation sites excluding steroid dienone is 1. The molecule has 1 saturated carbocycles. The summed E-state index contributed by atoms with van der Waals surface area (Å²) in [7, 11) is 0. The molecule has 4 atom stereocenters. The molecule has 0 spiro atoms. The van der Waals surface area contributed by atoms with Crippen molar-refractivity contribution < 1.29 is 28.6 Å². The Morgan fingerprint density at radius 3 is 2.68 bits per heavy atom. The van der Waals surface area contributed by atoms with Crippen LogP contribution in [0.2, 0.25) is 0 Å². The van der Waals surface area contributed by atoms with Crippen molar-refractivity contribution in [3.05, 3.63) is 48.6 Å². The van der Waals surface area contributed by atoms with Crippen LogP contribution in [0.15, 0.2) is 43.0 Å². The van der Waals surface area contributed by atoms with Crippen LogP contribution in [0, 0.1) is 5.92 Å². The molecule has 1 aliphatic heterocycles. The van der Waals surface area contributed by atoms with Gasteiger partial charge < -0.3 is 14.2 Å². The fourth-order valence-corrected chi connectivity index (χ4v) is 3.66. The Morgan fingerprint density at radius 2 is 2.04 bits per heavy atom. The van der Waals surface area contributed by atoms with Gasteiger partial charge in [0, 0.05) is 25.7 Å². The van der Waals surface area contributed by atoms with Gasteiger partial charge >= 0.3 is 17.9 Å². The maximum atomic E-state index is 12.4. The maximum Gasteiger partial charge on any atom is 0.351 e. The van der Waals surface area contributed by atoms with Crippen LogP contribution >= 0.6 is 0 Å². The lowest BCUT2D eigenvalue weighted by Crippen LogP contribution is -2.49. The molecule has 25 heavy (non-hydrogen) atoms. The van der Waals surface area contributed by atoms with Crippen molar-refractivity contribution in [1.29, 1.82) is 0 Å². The molecular weight excluding hydrogens is 324 g/mol. The predicted molar refractivity (Wildman–Crippen MR) is 87.6 cm³/mol. The van der Waals surface area contributed by atoms with Crippen LogP contribution in [0.4, 0.5) is 0 Å². The smallest absolute Gasteiger partial charge is 0.351 e. The van der Waals surface area contributed by atoms with Gasteiger partial charge in [0.25, 0.3) is 0 Å². The monoisotopic (exact) mass is 344 g/mol. The van der Waals surface area contributed by atoms with Gasteiger partial charge in [-0.1, -0.05) is 24.3 Å². The van der Waals surface area contributed by atoms with E-state index in [9.17, 15) is 14.4 Å². The van der Waals surface area contributed by atoms with Crippen LogP contribution in [-0.2, 0) is 23.8 Å². The SMILES string of the molecule is C=CC[C@H]1C[C@]2(OC(C)=O)C[C@@H](OC2=O)[C@@H]1OC(=O)c1ccccc1. The van der Waals surface area contributed by atoms with E-state index in [4.69, 9.17) is 14.2 Å². The van der Waals surface area contributed by atoms with Crippen molar-refractivity contribution in [3.8, 4) is 0 Å². The van der Waals surface area contributed by atoms with Crippen molar-refractivity contribution in [2.75, 3.05) is 0 Å². The molecule has 1 aromatic rings. The summed E-state index contributed by atoms with van der Waals surface area (Å²) in [4.78, 5) is 36.1. The number of rotatable bonds is 5. The summed E-state index contributed by atoms with van der Waals surface area (Å²) in [6.45, 7) is 4.99. The number of esters is 3. The quantitative estimate of drug-likeness (QED) is 0.464. The lowest BCUT2D eigenvalue weighted by atomic mass is 9.75. The zero-order valence-corrected chi connectivity index (χ0v) is 14.0. The molecule has 6 nitrogen and oxygen atoms in total. The summed E-state index contributed by atoms with van der Waals surface area (Å²) < 4.78 is 16.4. The molecule has 0 N–H and O–H groups in total. The van der Waals surface area contributed by atoms with E-state index < -0.39 is 35.7 Å². The first-order valence-corrected chi connectivity index (χ1v) is 8.23. The molecule has 0 radical (unpaired) electrons. The topological polar surface area (TPSA) is 78.9 Å². The van der Waals surface area contributed by atoms with Crippen molar-refractivity contribution in [2.45, 2.75) is 44.0 Å². The van der Waals surface area contributed by atoms with Gasteiger partial charge in [0.1, 0.15) is 12.2 Å². The second kappa shape index (κ2) is 6.70. The number of ether oxygens (including phenoxy) is 3. The first kappa shape index (κ1) is 17.2. The average Bonchev–Trinajstić information content (AvgIpc) is 2.83. The van der Waals surface area contributed by atoms with Gasteiger partial charge in [-0.05, 0) is 18.6 Å². The summed E-state index contributed by atoms with van der Waals surface area (Å²) in [5.74, 6) is -1.79. The third kappa shape index (κ3) is 3.29. The van der Waals surface area contributed by atoms with Crippen molar-refractivity contribution in [1.82, 2.24) is 0 Å². The van der Waals surface area contributed by atoms with Gasteiger partial charge in [-0.15, -0.1) is 6.58 Å². The Labute approximate surface area is 145 Å². The highest BCUT2D eigenvalue weighted by molar-refractivity contribution is 5.90. The minimum atomic E-state index is -1.28. The second-order valence-electron chi connectivity index (χ2n) is 6.46. The first-order valence-electron chi connectivity index (χ1n) is 8.23. The summed E-state index contributed by atoms with van der Waals surface area (Å²) in [6, 6.07) is 8.64. The lowest BCUT2D eigenvalue weighted by Gasteiger charge is -2.37. The lowest BCUT2D eigenvalue weighted by molar-refractivity contribution is -0.172. The van der Waals surface area contributed by atoms with E-state index >= 15 is 0 Å². The number of carbonyl (C=O) groups is 3. The largest absolute Gasteiger partial charge is 0.455 e. The van der Waals surface area contributed by atoms with Gasteiger partial charge in [-0.2, -0.15) is 0 Å². The van der Waals surface area contributed by atoms with E-state index in [0.717, 1.165) is 0 Å². The molecule has 1 aromatic carbocycles.